The number of sulfonamides is 1. The number of anilines is 1. The van der Waals surface area contributed by atoms with Gasteiger partial charge in [-0.1, -0.05) is 29.3 Å². The van der Waals surface area contributed by atoms with Gasteiger partial charge in [-0.3, -0.25) is 13.9 Å². The van der Waals surface area contributed by atoms with E-state index in [0.717, 1.165) is 22.7 Å². The van der Waals surface area contributed by atoms with Crippen LogP contribution in [0, 0.1) is 5.82 Å². The van der Waals surface area contributed by atoms with Gasteiger partial charge < -0.3 is 10.2 Å². The van der Waals surface area contributed by atoms with Crippen molar-refractivity contribution in [2.24, 2.45) is 0 Å². The van der Waals surface area contributed by atoms with E-state index >= 15 is 0 Å². The van der Waals surface area contributed by atoms with Gasteiger partial charge in [0.2, 0.25) is 21.8 Å². The third-order valence-corrected chi connectivity index (χ3v) is 6.61. The van der Waals surface area contributed by atoms with Gasteiger partial charge in [0.1, 0.15) is 18.4 Å². The molecule has 0 radical (unpaired) electrons. The second kappa shape index (κ2) is 11.2. The van der Waals surface area contributed by atoms with Crippen LogP contribution < -0.4 is 9.62 Å². The Morgan fingerprint density at radius 2 is 1.64 bits per heavy atom. The Balaban J connectivity index is 2.40. The summed E-state index contributed by atoms with van der Waals surface area (Å²) in [7, 11) is -3.89. The van der Waals surface area contributed by atoms with Gasteiger partial charge in [-0.25, -0.2) is 12.8 Å². The Labute approximate surface area is 203 Å². The number of carbonyl (C=O) groups excluding carboxylic acids is 2. The number of rotatable bonds is 9. The average Bonchev–Trinajstić information content (AvgIpc) is 2.71. The molecule has 180 valence electrons. The van der Waals surface area contributed by atoms with Crippen molar-refractivity contribution in [1.29, 1.82) is 0 Å². The molecule has 2 aromatic rings. The van der Waals surface area contributed by atoms with Gasteiger partial charge in [-0.05, 0) is 62.7 Å². The van der Waals surface area contributed by atoms with Gasteiger partial charge in [0, 0.05) is 12.6 Å². The standard InChI is InChI=1S/C22H26Cl2FN3O4S/c1-14(2)26-22(30)15(3)27(12-16-5-10-19(23)20(24)11-16)21(29)13-28(33(4,31)32)18-8-6-17(25)7-9-18/h5-11,14-15H,12-13H2,1-4H3,(H,26,30)/t15-/m0/s1. The monoisotopic (exact) mass is 517 g/mol. The van der Waals surface area contributed by atoms with Crippen LogP contribution in [0.25, 0.3) is 0 Å². The van der Waals surface area contributed by atoms with Crippen molar-refractivity contribution in [2.75, 3.05) is 17.1 Å². The third kappa shape index (κ3) is 7.58. The van der Waals surface area contributed by atoms with Gasteiger partial charge in [-0.15, -0.1) is 0 Å². The Morgan fingerprint density at radius 3 is 2.15 bits per heavy atom. The molecule has 0 saturated carbocycles. The summed E-state index contributed by atoms with van der Waals surface area (Å²) < 4.78 is 39.0. The molecule has 0 aliphatic rings. The van der Waals surface area contributed by atoms with Crippen LogP contribution in [-0.4, -0.2) is 50.0 Å². The van der Waals surface area contributed by atoms with Crippen molar-refractivity contribution in [2.45, 2.75) is 39.4 Å². The molecule has 2 rings (SSSR count). The van der Waals surface area contributed by atoms with Crippen molar-refractivity contribution >= 4 is 50.7 Å². The Kier molecular flexibility index (Phi) is 9.11. The fourth-order valence-electron chi connectivity index (χ4n) is 3.04. The second-order valence-electron chi connectivity index (χ2n) is 7.86. The fourth-order valence-corrected chi connectivity index (χ4v) is 4.21. The topological polar surface area (TPSA) is 86.8 Å². The van der Waals surface area contributed by atoms with Gasteiger partial charge in [0.25, 0.3) is 0 Å². The molecule has 0 fully saturated rings. The first-order valence-corrected chi connectivity index (χ1v) is 12.7. The highest BCUT2D eigenvalue weighted by atomic mass is 35.5. The largest absolute Gasteiger partial charge is 0.352 e. The molecule has 7 nitrogen and oxygen atoms in total. The summed E-state index contributed by atoms with van der Waals surface area (Å²) in [5, 5.41) is 3.37. The molecule has 0 bridgehead atoms. The molecule has 1 atom stereocenters. The highest BCUT2D eigenvalue weighted by Crippen LogP contribution is 2.24. The van der Waals surface area contributed by atoms with Crippen molar-refractivity contribution in [1.82, 2.24) is 10.2 Å². The van der Waals surface area contributed by atoms with Gasteiger partial charge in [0.15, 0.2) is 0 Å². The molecule has 0 aromatic heterocycles. The molecule has 0 spiro atoms. The summed E-state index contributed by atoms with van der Waals surface area (Å²) in [5.74, 6) is -1.56. The van der Waals surface area contributed by atoms with Crippen molar-refractivity contribution < 1.29 is 22.4 Å². The SMILES string of the molecule is CC(C)NC(=O)[C@H](C)N(Cc1ccc(Cl)c(Cl)c1)C(=O)CN(c1ccc(F)cc1)S(C)(=O)=O. The zero-order chi connectivity index (χ0) is 24.9. The zero-order valence-corrected chi connectivity index (χ0v) is 21.0. The normalized spacial score (nSPS) is 12.4. The minimum atomic E-state index is -3.89. The lowest BCUT2D eigenvalue weighted by Crippen LogP contribution is -2.52. The number of nitrogens with zero attached hydrogens (tertiary/aromatic N) is 2. The Morgan fingerprint density at radius 1 is 1.03 bits per heavy atom. The molecular formula is C22H26Cl2FN3O4S. The van der Waals surface area contributed by atoms with E-state index in [1.54, 1.807) is 39.0 Å². The molecule has 0 unspecified atom stereocenters. The second-order valence-corrected chi connectivity index (χ2v) is 10.6. The molecule has 2 aromatic carbocycles. The number of nitrogens with one attached hydrogen (secondary N) is 1. The van der Waals surface area contributed by atoms with Crippen molar-refractivity contribution in [3.63, 3.8) is 0 Å². The lowest BCUT2D eigenvalue weighted by molar-refractivity contribution is -0.139. The van der Waals surface area contributed by atoms with Crippen LogP contribution in [0.4, 0.5) is 10.1 Å². The van der Waals surface area contributed by atoms with Crippen LogP contribution in [0.3, 0.4) is 0 Å². The van der Waals surface area contributed by atoms with Crippen molar-refractivity contribution in [3.8, 4) is 0 Å². The minimum Gasteiger partial charge on any atom is -0.352 e. The predicted molar refractivity (Wildman–Crippen MR) is 128 cm³/mol. The van der Waals surface area contributed by atoms with Crippen LogP contribution in [0.2, 0.25) is 10.0 Å². The first-order valence-electron chi connectivity index (χ1n) is 10.1. The number of hydrogen-bond acceptors (Lipinski definition) is 4. The summed E-state index contributed by atoms with van der Waals surface area (Å²) in [4.78, 5) is 27.3. The number of benzene rings is 2. The van der Waals surface area contributed by atoms with Crippen molar-refractivity contribution in [3.05, 3.63) is 63.9 Å². The average molecular weight is 518 g/mol. The quantitative estimate of drug-likeness (QED) is 0.547. The van der Waals surface area contributed by atoms with E-state index in [1.807, 2.05) is 0 Å². The van der Waals surface area contributed by atoms with E-state index < -0.39 is 40.2 Å². The number of amides is 2. The summed E-state index contributed by atoms with van der Waals surface area (Å²) in [6, 6.07) is 8.47. The lowest BCUT2D eigenvalue weighted by Gasteiger charge is -2.32. The maximum Gasteiger partial charge on any atom is 0.244 e. The highest BCUT2D eigenvalue weighted by molar-refractivity contribution is 7.92. The molecule has 0 aliphatic carbocycles. The molecule has 1 N–H and O–H groups in total. The van der Waals surface area contributed by atoms with E-state index in [4.69, 9.17) is 23.2 Å². The molecule has 11 heteroatoms. The predicted octanol–water partition coefficient (Wildman–Crippen LogP) is 3.84. The molecule has 0 aliphatic heterocycles. The lowest BCUT2D eigenvalue weighted by atomic mass is 10.1. The molecular weight excluding hydrogens is 492 g/mol. The molecule has 0 heterocycles. The minimum absolute atomic E-state index is 0.0105. The fraction of sp³-hybridized carbons (Fsp3) is 0.364. The Bertz CT molecular complexity index is 1110. The summed E-state index contributed by atoms with van der Waals surface area (Å²) in [6.45, 7) is 4.54. The van der Waals surface area contributed by atoms with E-state index in [2.05, 4.69) is 5.32 Å². The van der Waals surface area contributed by atoms with Gasteiger partial charge >= 0.3 is 0 Å². The van der Waals surface area contributed by atoms with Crippen LogP contribution in [0.15, 0.2) is 42.5 Å². The van der Waals surface area contributed by atoms with Crippen LogP contribution in [-0.2, 0) is 26.2 Å². The maximum absolute atomic E-state index is 13.3. The van der Waals surface area contributed by atoms with Crippen LogP contribution in [0.5, 0.6) is 0 Å². The van der Waals surface area contributed by atoms with E-state index in [1.165, 1.54) is 17.0 Å². The molecule has 0 saturated heterocycles. The molecule has 2 amide bonds. The highest BCUT2D eigenvalue weighted by Gasteiger charge is 2.30. The molecule has 33 heavy (non-hydrogen) atoms. The first-order chi connectivity index (χ1) is 15.3. The summed E-state index contributed by atoms with van der Waals surface area (Å²) in [5.41, 5.74) is 0.732. The third-order valence-electron chi connectivity index (χ3n) is 4.73. The van der Waals surface area contributed by atoms with Crippen LogP contribution in [0.1, 0.15) is 26.3 Å². The van der Waals surface area contributed by atoms with Crippen LogP contribution >= 0.6 is 23.2 Å². The number of carbonyl (C=O) groups is 2. The van der Waals surface area contributed by atoms with E-state index in [9.17, 15) is 22.4 Å². The first kappa shape index (κ1) is 26.9. The van der Waals surface area contributed by atoms with E-state index in [0.29, 0.717) is 10.6 Å². The summed E-state index contributed by atoms with van der Waals surface area (Å²) >= 11 is 12.1. The smallest absolute Gasteiger partial charge is 0.244 e. The zero-order valence-electron chi connectivity index (χ0n) is 18.7. The number of halogens is 3. The number of hydrogen-bond donors (Lipinski definition) is 1. The summed E-state index contributed by atoms with van der Waals surface area (Å²) in [6.07, 6.45) is 0.946. The maximum atomic E-state index is 13.3. The van der Waals surface area contributed by atoms with Gasteiger partial charge in [0.05, 0.1) is 22.0 Å². The Hall–Kier alpha value is -2.36. The van der Waals surface area contributed by atoms with Gasteiger partial charge in [-0.2, -0.15) is 0 Å². The van der Waals surface area contributed by atoms with E-state index in [-0.39, 0.29) is 23.3 Å².